The predicted octanol–water partition coefficient (Wildman–Crippen LogP) is 1.09. The average molecular weight is 570 g/mol. The fourth-order valence-electron chi connectivity index (χ4n) is 3.24. The number of nitrogens with zero attached hydrogens (tertiary/aromatic N) is 1. The Kier molecular flexibility index (Phi) is 9.97. The molecule has 0 saturated carbocycles. The van der Waals surface area contributed by atoms with E-state index in [2.05, 4.69) is 12.2 Å². The molecule has 1 atom stereocenters. The molecule has 0 aliphatic heterocycles. The molecule has 0 radical (unpaired) electrons. The second-order valence-corrected chi connectivity index (χ2v) is 13.3. The number of primary amides is 1. The van der Waals surface area contributed by atoms with Gasteiger partial charge in [-0.15, -0.1) is 0 Å². The van der Waals surface area contributed by atoms with Crippen molar-refractivity contribution in [2.24, 2.45) is 11.5 Å². The zero-order chi connectivity index (χ0) is 25.5. The fourth-order valence-corrected chi connectivity index (χ4v) is 7.13. The first kappa shape index (κ1) is 27.7. The summed E-state index contributed by atoms with van der Waals surface area (Å²) in [6.45, 7) is 3.48. The Morgan fingerprint density at radius 2 is 1.82 bits per heavy atom. The predicted molar refractivity (Wildman–Crippen MR) is 138 cm³/mol. The van der Waals surface area contributed by atoms with Crippen molar-refractivity contribution in [3.05, 3.63) is 58.1 Å². The van der Waals surface area contributed by atoms with Crippen LogP contribution in [0.4, 0.5) is 5.69 Å². The van der Waals surface area contributed by atoms with Gasteiger partial charge in [-0.2, -0.15) is 0 Å². The Labute approximate surface area is 211 Å². The van der Waals surface area contributed by atoms with E-state index >= 15 is 0 Å². The summed E-state index contributed by atoms with van der Waals surface area (Å²) in [4.78, 5) is 24.4. The molecule has 2 aromatic rings. The van der Waals surface area contributed by atoms with Crippen molar-refractivity contribution in [1.29, 1.82) is 5.41 Å². The average Bonchev–Trinajstić information content (AvgIpc) is 2.75. The number of hydrogen-bond acceptors (Lipinski definition) is 5. The molecular formula is C22H29AsClN5O4S. The number of carbonyl (C=O) groups is 2. The van der Waals surface area contributed by atoms with E-state index in [1.807, 2.05) is 12.1 Å². The number of nitrogen functional groups attached to an aromatic ring is 1. The first-order valence-corrected chi connectivity index (χ1v) is 15.1. The van der Waals surface area contributed by atoms with Gasteiger partial charge in [-0.05, 0) is 0 Å². The quantitative estimate of drug-likeness (QED) is 0.171. The van der Waals surface area contributed by atoms with Crippen LogP contribution in [0.15, 0.2) is 36.4 Å². The van der Waals surface area contributed by atoms with Crippen LogP contribution in [0.25, 0.3) is 0 Å². The van der Waals surface area contributed by atoms with Crippen LogP contribution in [-0.2, 0) is 21.4 Å². The van der Waals surface area contributed by atoms with E-state index < -0.39 is 44.1 Å². The molecule has 0 bridgehead atoms. The summed E-state index contributed by atoms with van der Waals surface area (Å²) in [5.41, 5.74) is 12.7. The number of sulfonamides is 1. The number of hydrogen-bond donors (Lipinski definition) is 4. The molecule has 9 nitrogen and oxygen atoms in total. The molecule has 0 aromatic heterocycles. The molecule has 2 amide bonds. The van der Waals surface area contributed by atoms with Crippen molar-refractivity contribution in [3.8, 4) is 0 Å². The van der Waals surface area contributed by atoms with Gasteiger partial charge in [-0.3, -0.25) is 0 Å². The van der Waals surface area contributed by atoms with Crippen molar-refractivity contribution < 1.29 is 18.0 Å². The number of nitrogens with one attached hydrogen (secondary N) is 2. The van der Waals surface area contributed by atoms with Crippen molar-refractivity contribution in [1.82, 2.24) is 5.32 Å². The van der Waals surface area contributed by atoms with Gasteiger partial charge in [0.05, 0.1) is 0 Å². The van der Waals surface area contributed by atoms with Gasteiger partial charge in [-0.1, -0.05) is 6.92 Å². The minimum atomic E-state index is -3.84. The van der Waals surface area contributed by atoms with E-state index in [9.17, 15) is 18.0 Å². The van der Waals surface area contributed by atoms with E-state index in [4.69, 9.17) is 28.5 Å². The summed E-state index contributed by atoms with van der Waals surface area (Å²) < 4.78 is 27.4. The number of nitrogens with two attached hydrogens (primary N) is 2. The van der Waals surface area contributed by atoms with Crippen LogP contribution in [0.2, 0.25) is 10.2 Å². The van der Waals surface area contributed by atoms with E-state index in [-0.39, 0.29) is 34.4 Å². The molecule has 0 aliphatic rings. The summed E-state index contributed by atoms with van der Waals surface area (Å²) in [6, 6.07) is 9.66. The molecule has 2 rings (SSSR count). The Morgan fingerprint density at radius 3 is 2.41 bits per heavy atom. The third kappa shape index (κ3) is 7.48. The maximum atomic E-state index is 12.9. The molecule has 6 N–H and O–H groups in total. The number of amidine groups is 1. The van der Waals surface area contributed by atoms with Crippen LogP contribution in [0.3, 0.4) is 0 Å². The summed E-state index contributed by atoms with van der Waals surface area (Å²) in [6.07, 6.45) is 0.344. The number of amides is 2. The van der Waals surface area contributed by atoms with E-state index in [1.54, 1.807) is 13.0 Å². The van der Waals surface area contributed by atoms with Gasteiger partial charge in [0.2, 0.25) is 0 Å². The maximum absolute atomic E-state index is 12.9. The Hall–Kier alpha value is -2.55. The van der Waals surface area contributed by atoms with E-state index in [0.717, 1.165) is 19.4 Å². The Balaban J connectivity index is 2.32. The molecule has 0 heterocycles. The summed E-state index contributed by atoms with van der Waals surface area (Å²) in [5.74, 6) is -1.47. The number of carbonyl (C=O) groups excluding carboxylic acids is 2. The van der Waals surface area contributed by atoms with Crippen molar-refractivity contribution in [3.63, 3.8) is 0 Å². The van der Waals surface area contributed by atoms with Crippen molar-refractivity contribution in [2.75, 3.05) is 16.6 Å². The third-order valence-electron chi connectivity index (χ3n) is 4.76. The van der Waals surface area contributed by atoms with Gasteiger partial charge < -0.3 is 0 Å². The normalized spacial score (nSPS) is 11.5. The molecule has 0 fully saturated rings. The monoisotopic (exact) mass is 569 g/mol. The van der Waals surface area contributed by atoms with Crippen molar-refractivity contribution in [2.45, 2.75) is 32.0 Å². The standard InChI is InChI=1S/C22H29AsClN5O4S/c1-3-7-34(32,33)29(13-20(25)30)18-9-16(8-17(24)11-18)22(31)28-12-15-6-5-14(21(26)27)10-19(15)23-4-2/h5-6,8-11,23H,3-4,7,12-13H2,1-2H3,(H2,25,30)(H3,26,27)(H,28,31). The summed E-state index contributed by atoms with van der Waals surface area (Å²) in [5, 5.41) is 11.6. The fraction of sp³-hybridized carbons (Fsp3) is 0.318. The second kappa shape index (κ2) is 12.2. The van der Waals surface area contributed by atoms with Crippen LogP contribution in [0, 0.1) is 5.41 Å². The molecule has 0 saturated heterocycles. The van der Waals surface area contributed by atoms with Gasteiger partial charge in [-0.25, -0.2) is 0 Å². The number of benzene rings is 2. The van der Waals surface area contributed by atoms with Crippen LogP contribution in [0.1, 0.15) is 41.8 Å². The van der Waals surface area contributed by atoms with Crippen LogP contribution >= 0.6 is 11.6 Å². The molecule has 12 heteroatoms. The molecule has 34 heavy (non-hydrogen) atoms. The third-order valence-corrected chi connectivity index (χ3v) is 9.43. The molecule has 1 unspecified atom stereocenters. The number of anilines is 1. The number of rotatable bonds is 12. The zero-order valence-corrected chi connectivity index (χ0v) is 22.7. The topological polar surface area (TPSA) is 159 Å². The Morgan fingerprint density at radius 1 is 1.12 bits per heavy atom. The molecule has 0 spiro atoms. The van der Waals surface area contributed by atoms with Gasteiger partial charge in [0.15, 0.2) is 0 Å². The van der Waals surface area contributed by atoms with Crippen molar-refractivity contribution >= 4 is 65.1 Å². The van der Waals surface area contributed by atoms with Gasteiger partial charge in [0, 0.05) is 0 Å². The molecule has 0 aliphatic carbocycles. The first-order valence-electron chi connectivity index (χ1n) is 10.6. The van der Waals surface area contributed by atoms with Gasteiger partial charge in [0.25, 0.3) is 0 Å². The van der Waals surface area contributed by atoms with E-state index in [0.29, 0.717) is 12.0 Å². The minimum absolute atomic E-state index is 0.00969. The van der Waals surface area contributed by atoms with Crippen LogP contribution in [0.5, 0.6) is 0 Å². The molecular weight excluding hydrogens is 541 g/mol. The van der Waals surface area contributed by atoms with Gasteiger partial charge in [0.1, 0.15) is 0 Å². The van der Waals surface area contributed by atoms with E-state index in [1.165, 1.54) is 18.2 Å². The molecule has 2 aromatic carbocycles. The zero-order valence-electron chi connectivity index (χ0n) is 19.0. The SMILES string of the molecule is CCCS(=O)(=O)N(CC(N)=O)c1cc(Cl)cc(C(=O)NCc2ccc(C(=N)N)cc2[AsH]CC)c1. The Bertz CT molecular complexity index is 1190. The van der Waals surface area contributed by atoms with Crippen LogP contribution in [-0.4, -0.2) is 54.1 Å². The summed E-state index contributed by atoms with van der Waals surface area (Å²) >= 11 is 5.73. The number of halogens is 1. The van der Waals surface area contributed by atoms with Gasteiger partial charge >= 0.3 is 205 Å². The summed E-state index contributed by atoms with van der Waals surface area (Å²) in [7, 11) is -3.84. The second-order valence-electron chi connectivity index (χ2n) is 7.49. The first-order chi connectivity index (χ1) is 16.0. The van der Waals surface area contributed by atoms with Crippen LogP contribution < -0.4 is 25.4 Å². The molecule has 184 valence electrons.